The largest absolute Gasteiger partial charge is 0.467 e. The van der Waals surface area contributed by atoms with Gasteiger partial charge in [0.05, 0.1) is 13.2 Å². The maximum Gasteiger partial charge on any atom is 0.281 e. The van der Waals surface area contributed by atoms with Gasteiger partial charge in [-0.15, -0.1) is 5.10 Å². The average Bonchev–Trinajstić information content (AvgIpc) is 3.07. The van der Waals surface area contributed by atoms with Crippen molar-refractivity contribution in [1.29, 1.82) is 0 Å². The SMILES string of the molecule is COCCOCOc1cccc(Nc2nc(N)n(C(=O)c3cccc(C)c3)n2)c1. The first-order chi connectivity index (χ1) is 14.1. The Balaban J connectivity index is 1.66. The number of carbonyl (C=O) groups is 1. The molecule has 0 aliphatic heterocycles. The predicted octanol–water partition coefficient (Wildman–Crippen LogP) is 2.60. The molecule has 3 rings (SSSR count). The third kappa shape index (κ3) is 5.53. The Kier molecular flexibility index (Phi) is 6.77. The van der Waals surface area contributed by atoms with Crippen LogP contribution in [0.15, 0.2) is 48.5 Å². The summed E-state index contributed by atoms with van der Waals surface area (Å²) in [5.74, 6) is 0.461. The molecule has 0 saturated carbocycles. The molecule has 0 bridgehead atoms. The number of nitrogens with zero attached hydrogens (tertiary/aromatic N) is 3. The lowest BCUT2D eigenvalue weighted by Crippen LogP contribution is -2.16. The van der Waals surface area contributed by atoms with Crippen LogP contribution in [0.1, 0.15) is 15.9 Å². The first-order valence-electron chi connectivity index (χ1n) is 8.97. The quantitative estimate of drug-likeness (QED) is 0.418. The highest BCUT2D eigenvalue weighted by Gasteiger charge is 2.16. The van der Waals surface area contributed by atoms with Gasteiger partial charge in [0.15, 0.2) is 6.79 Å². The average molecular weight is 397 g/mol. The van der Waals surface area contributed by atoms with Gasteiger partial charge in [-0.3, -0.25) is 4.79 Å². The van der Waals surface area contributed by atoms with Gasteiger partial charge >= 0.3 is 0 Å². The van der Waals surface area contributed by atoms with Gasteiger partial charge in [-0.1, -0.05) is 23.8 Å². The van der Waals surface area contributed by atoms with E-state index in [1.54, 1.807) is 37.4 Å². The number of benzene rings is 2. The summed E-state index contributed by atoms with van der Waals surface area (Å²) in [4.78, 5) is 16.8. The number of rotatable bonds is 9. The fourth-order valence-electron chi connectivity index (χ4n) is 2.53. The number of aryl methyl sites for hydroxylation is 1. The number of ether oxygens (including phenoxy) is 3. The summed E-state index contributed by atoms with van der Waals surface area (Å²) in [5.41, 5.74) is 8.02. The van der Waals surface area contributed by atoms with Crippen LogP contribution in [0, 0.1) is 6.92 Å². The minimum Gasteiger partial charge on any atom is -0.467 e. The summed E-state index contributed by atoms with van der Waals surface area (Å²) in [6.45, 7) is 2.97. The van der Waals surface area contributed by atoms with E-state index < -0.39 is 0 Å². The Morgan fingerprint density at radius 2 is 2.00 bits per heavy atom. The van der Waals surface area contributed by atoms with Crippen LogP contribution in [0.4, 0.5) is 17.6 Å². The molecule has 152 valence electrons. The monoisotopic (exact) mass is 397 g/mol. The molecule has 3 aromatic rings. The second-order valence-corrected chi connectivity index (χ2v) is 6.20. The zero-order chi connectivity index (χ0) is 20.6. The number of methoxy groups -OCH3 is 1. The van der Waals surface area contributed by atoms with Crippen molar-refractivity contribution in [2.75, 3.05) is 38.2 Å². The van der Waals surface area contributed by atoms with Gasteiger partial charge in [-0.05, 0) is 31.2 Å². The number of carbonyl (C=O) groups excluding carboxylic acids is 1. The Morgan fingerprint density at radius 3 is 2.79 bits per heavy atom. The van der Waals surface area contributed by atoms with Gasteiger partial charge in [0, 0.05) is 24.4 Å². The third-order valence-electron chi connectivity index (χ3n) is 3.92. The molecule has 0 spiro atoms. The Bertz CT molecular complexity index is 973. The molecular formula is C20H23N5O4. The Morgan fingerprint density at radius 1 is 1.17 bits per heavy atom. The lowest BCUT2D eigenvalue weighted by Gasteiger charge is -2.08. The standard InChI is InChI=1S/C20H23N5O4/c1-14-5-3-6-15(11-14)18(26)25-19(21)23-20(24-25)22-16-7-4-8-17(12-16)29-13-28-10-9-27-2/h3-8,11-12H,9-10,13H2,1-2H3,(H3,21,22,23,24). The van der Waals surface area contributed by atoms with Crippen molar-refractivity contribution < 1.29 is 19.0 Å². The van der Waals surface area contributed by atoms with Gasteiger partial charge < -0.3 is 25.3 Å². The van der Waals surface area contributed by atoms with Crippen LogP contribution in [0.25, 0.3) is 0 Å². The molecule has 3 N–H and O–H groups in total. The lowest BCUT2D eigenvalue weighted by molar-refractivity contribution is -0.00844. The molecule has 0 unspecified atom stereocenters. The summed E-state index contributed by atoms with van der Waals surface area (Å²) in [5, 5.41) is 7.19. The number of aromatic nitrogens is 3. The van der Waals surface area contributed by atoms with Crippen molar-refractivity contribution in [1.82, 2.24) is 14.8 Å². The highest BCUT2D eigenvalue weighted by molar-refractivity contribution is 5.97. The van der Waals surface area contributed by atoms with Gasteiger partial charge in [-0.25, -0.2) is 0 Å². The molecule has 0 aliphatic carbocycles. The van der Waals surface area contributed by atoms with Gasteiger partial charge in [0.25, 0.3) is 5.91 Å². The Labute approximate surface area is 168 Å². The highest BCUT2D eigenvalue weighted by Crippen LogP contribution is 2.21. The van der Waals surface area contributed by atoms with E-state index in [9.17, 15) is 4.79 Å². The molecular weight excluding hydrogens is 374 g/mol. The van der Waals surface area contributed by atoms with Crippen molar-refractivity contribution in [3.05, 3.63) is 59.7 Å². The van der Waals surface area contributed by atoms with E-state index in [4.69, 9.17) is 19.9 Å². The van der Waals surface area contributed by atoms with E-state index in [0.29, 0.717) is 30.2 Å². The van der Waals surface area contributed by atoms with Crippen LogP contribution in [0.2, 0.25) is 0 Å². The molecule has 1 aromatic heterocycles. The number of nitrogens with two attached hydrogens (primary N) is 1. The molecule has 0 radical (unpaired) electrons. The molecule has 0 saturated heterocycles. The molecule has 29 heavy (non-hydrogen) atoms. The number of hydrogen-bond donors (Lipinski definition) is 2. The molecule has 0 aliphatic rings. The number of anilines is 3. The summed E-state index contributed by atoms with van der Waals surface area (Å²) in [6, 6.07) is 14.4. The normalized spacial score (nSPS) is 10.7. The van der Waals surface area contributed by atoms with Gasteiger partial charge in [0.1, 0.15) is 5.75 Å². The number of nitrogens with one attached hydrogen (secondary N) is 1. The van der Waals surface area contributed by atoms with Crippen LogP contribution in [-0.2, 0) is 9.47 Å². The minimum absolute atomic E-state index is 0.00189. The smallest absolute Gasteiger partial charge is 0.281 e. The van der Waals surface area contributed by atoms with E-state index in [0.717, 1.165) is 10.2 Å². The van der Waals surface area contributed by atoms with Crippen molar-refractivity contribution in [3.8, 4) is 5.75 Å². The number of hydrogen-bond acceptors (Lipinski definition) is 8. The summed E-state index contributed by atoms with van der Waals surface area (Å²) in [7, 11) is 1.61. The van der Waals surface area contributed by atoms with Crippen LogP contribution >= 0.6 is 0 Å². The molecule has 2 aromatic carbocycles. The second-order valence-electron chi connectivity index (χ2n) is 6.20. The summed E-state index contributed by atoms with van der Waals surface area (Å²) < 4.78 is 16.8. The van der Waals surface area contributed by atoms with E-state index >= 15 is 0 Å². The van der Waals surface area contributed by atoms with Crippen molar-refractivity contribution in [2.45, 2.75) is 6.92 Å². The molecule has 0 fully saturated rings. The van der Waals surface area contributed by atoms with Crippen LogP contribution in [0.5, 0.6) is 5.75 Å². The van der Waals surface area contributed by atoms with Crippen molar-refractivity contribution in [2.24, 2.45) is 0 Å². The molecule has 1 heterocycles. The first kappa shape index (κ1) is 20.3. The maximum absolute atomic E-state index is 12.6. The van der Waals surface area contributed by atoms with Gasteiger partial charge in [-0.2, -0.15) is 9.67 Å². The van der Waals surface area contributed by atoms with E-state index in [-0.39, 0.29) is 24.6 Å². The maximum atomic E-state index is 12.6. The predicted molar refractivity (Wildman–Crippen MR) is 108 cm³/mol. The summed E-state index contributed by atoms with van der Waals surface area (Å²) >= 11 is 0. The molecule has 9 heteroatoms. The van der Waals surface area contributed by atoms with E-state index in [2.05, 4.69) is 15.4 Å². The summed E-state index contributed by atoms with van der Waals surface area (Å²) in [6.07, 6.45) is 0. The van der Waals surface area contributed by atoms with Crippen molar-refractivity contribution in [3.63, 3.8) is 0 Å². The highest BCUT2D eigenvalue weighted by atomic mass is 16.7. The van der Waals surface area contributed by atoms with Crippen LogP contribution in [-0.4, -0.2) is 47.8 Å². The van der Waals surface area contributed by atoms with Crippen LogP contribution in [0.3, 0.4) is 0 Å². The van der Waals surface area contributed by atoms with Crippen molar-refractivity contribution >= 4 is 23.5 Å². The van der Waals surface area contributed by atoms with Gasteiger partial charge in [0.2, 0.25) is 11.9 Å². The second kappa shape index (κ2) is 9.67. The fourth-order valence-corrected chi connectivity index (χ4v) is 2.53. The number of nitrogen functional groups attached to an aromatic ring is 1. The fraction of sp³-hybridized carbons (Fsp3) is 0.250. The first-order valence-corrected chi connectivity index (χ1v) is 8.97. The topological polar surface area (TPSA) is 114 Å². The minimum atomic E-state index is -0.350. The third-order valence-corrected chi connectivity index (χ3v) is 3.92. The molecule has 0 atom stereocenters. The molecule has 9 nitrogen and oxygen atoms in total. The zero-order valence-corrected chi connectivity index (χ0v) is 16.3. The lowest BCUT2D eigenvalue weighted by atomic mass is 10.1. The Hall–Kier alpha value is -3.43. The van der Waals surface area contributed by atoms with E-state index in [1.165, 1.54) is 0 Å². The zero-order valence-electron chi connectivity index (χ0n) is 16.3. The van der Waals surface area contributed by atoms with Crippen LogP contribution < -0.4 is 15.8 Å². The molecule has 0 amide bonds. The van der Waals surface area contributed by atoms with E-state index in [1.807, 2.05) is 25.1 Å².